The van der Waals surface area contributed by atoms with Crippen molar-refractivity contribution < 1.29 is 5.11 Å². The van der Waals surface area contributed by atoms with Gasteiger partial charge in [0.15, 0.2) is 5.72 Å². The molecule has 0 aromatic heterocycles. The highest BCUT2D eigenvalue weighted by atomic mass is 32.2. The Morgan fingerprint density at radius 2 is 1.87 bits per heavy atom. The third kappa shape index (κ3) is 1.67. The first-order chi connectivity index (χ1) is 6.96. The van der Waals surface area contributed by atoms with Crippen LogP contribution in [-0.2, 0) is 5.72 Å². The Hall–Kier alpha value is -0.580. The molecule has 1 aromatic rings. The van der Waals surface area contributed by atoms with Crippen molar-refractivity contribution >= 4 is 28.3 Å². The van der Waals surface area contributed by atoms with E-state index in [1.807, 2.05) is 44.2 Å². The molecular formula is C11H13NOS2. The fourth-order valence-corrected chi connectivity index (χ4v) is 3.48. The Bertz CT molecular complexity index is 391. The fourth-order valence-electron chi connectivity index (χ4n) is 1.73. The van der Waals surface area contributed by atoms with Gasteiger partial charge in [-0.1, -0.05) is 54.3 Å². The van der Waals surface area contributed by atoms with Crippen LogP contribution in [0.5, 0.6) is 0 Å². The lowest BCUT2D eigenvalue weighted by Crippen LogP contribution is -2.50. The second kappa shape index (κ2) is 3.47. The van der Waals surface area contributed by atoms with E-state index >= 15 is 0 Å². The summed E-state index contributed by atoms with van der Waals surface area (Å²) < 4.78 is 0.289. The van der Waals surface area contributed by atoms with Crippen molar-refractivity contribution in [3.8, 4) is 0 Å². The van der Waals surface area contributed by atoms with Gasteiger partial charge in [-0.3, -0.25) is 0 Å². The number of thiocarbonyl (C=S) groups is 1. The molecule has 0 aliphatic carbocycles. The zero-order valence-electron chi connectivity index (χ0n) is 8.65. The molecule has 1 heterocycles. The largest absolute Gasteiger partial charge is 0.366 e. The van der Waals surface area contributed by atoms with E-state index in [0.717, 1.165) is 5.56 Å². The number of rotatable bonds is 1. The molecule has 15 heavy (non-hydrogen) atoms. The summed E-state index contributed by atoms with van der Waals surface area (Å²) in [6.45, 7) is 3.97. The van der Waals surface area contributed by atoms with Gasteiger partial charge in [0.05, 0.1) is 4.75 Å². The molecule has 1 fully saturated rings. The van der Waals surface area contributed by atoms with E-state index in [2.05, 4.69) is 5.32 Å². The summed E-state index contributed by atoms with van der Waals surface area (Å²) in [5, 5.41) is 13.6. The predicted molar refractivity (Wildman–Crippen MR) is 67.7 cm³/mol. The molecule has 0 saturated carbocycles. The van der Waals surface area contributed by atoms with Gasteiger partial charge >= 0.3 is 0 Å². The Balaban J connectivity index is 2.47. The molecule has 0 bridgehead atoms. The summed E-state index contributed by atoms with van der Waals surface area (Å²) in [5.74, 6) is 0. The lowest BCUT2D eigenvalue weighted by atomic mass is 9.91. The summed E-state index contributed by atoms with van der Waals surface area (Å²) in [6.07, 6.45) is 0. The van der Waals surface area contributed by atoms with Crippen LogP contribution in [0.1, 0.15) is 19.4 Å². The van der Waals surface area contributed by atoms with Crippen molar-refractivity contribution in [2.45, 2.75) is 24.3 Å². The zero-order valence-corrected chi connectivity index (χ0v) is 10.3. The van der Waals surface area contributed by atoms with Crippen LogP contribution in [0.3, 0.4) is 0 Å². The fraction of sp³-hybridized carbons (Fsp3) is 0.364. The van der Waals surface area contributed by atoms with Crippen LogP contribution in [0, 0.1) is 0 Å². The van der Waals surface area contributed by atoms with E-state index in [1.54, 1.807) is 0 Å². The molecule has 2 rings (SSSR count). The minimum absolute atomic E-state index is 0.356. The Labute approximate surface area is 99.1 Å². The highest BCUT2D eigenvalue weighted by molar-refractivity contribution is 8.24. The molecule has 0 radical (unpaired) electrons. The van der Waals surface area contributed by atoms with Crippen molar-refractivity contribution in [2.24, 2.45) is 0 Å². The Morgan fingerprint density at radius 1 is 1.27 bits per heavy atom. The first-order valence-corrected chi connectivity index (χ1v) is 5.97. The average Bonchev–Trinajstić information content (AvgIpc) is 2.38. The monoisotopic (exact) mass is 239 g/mol. The van der Waals surface area contributed by atoms with Gasteiger partial charge in [-0.25, -0.2) is 0 Å². The van der Waals surface area contributed by atoms with E-state index in [9.17, 15) is 5.11 Å². The first kappa shape index (κ1) is 10.9. The number of hydrogen-bond acceptors (Lipinski definition) is 3. The highest BCUT2D eigenvalue weighted by Crippen LogP contribution is 2.46. The SMILES string of the molecule is CC1(C)SC(=S)NC1(O)c1ccccc1. The van der Waals surface area contributed by atoms with E-state index in [0.29, 0.717) is 4.32 Å². The molecule has 1 atom stereocenters. The van der Waals surface area contributed by atoms with E-state index < -0.39 is 5.72 Å². The second-order valence-electron chi connectivity index (χ2n) is 4.10. The molecule has 1 aliphatic rings. The number of nitrogens with one attached hydrogen (secondary N) is 1. The zero-order chi connectivity index (χ0) is 11.1. The summed E-state index contributed by atoms with van der Waals surface area (Å²) >= 11 is 6.60. The molecule has 2 nitrogen and oxygen atoms in total. The molecule has 1 unspecified atom stereocenters. The van der Waals surface area contributed by atoms with Crippen LogP contribution in [0.4, 0.5) is 0 Å². The van der Waals surface area contributed by atoms with Crippen LogP contribution in [0.25, 0.3) is 0 Å². The predicted octanol–water partition coefficient (Wildman–Crippen LogP) is 2.23. The van der Waals surface area contributed by atoms with E-state index in [4.69, 9.17) is 12.2 Å². The van der Waals surface area contributed by atoms with E-state index in [1.165, 1.54) is 11.8 Å². The van der Waals surface area contributed by atoms with Gasteiger partial charge in [-0.05, 0) is 13.8 Å². The van der Waals surface area contributed by atoms with Crippen LogP contribution in [0.2, 0.25) is 0 Å². The second-order valence-corrected chi connectivity index (χ2v) is 6.40. The molecule has 0 amide bonds. The maximum absolute atomic E-state index is 10.6. The van der Waals surface area contributed by atoms with Crippen molar-refractivity contribution in [3.63, 3.8) is 0 Å². The van der Waals surface area contributed by atoms with Crippen molar-refractivity contribution in [2.75, 3.05) is 0 Å². The van der Waals surface area contributed by atoms with Gasteiger partial charge in [0.1, 0.15) is 4.32 Å². The van der Waals surface area contributed by atoms with Gasteiger partial charge in [-0.2, -0.15) is 0 Å². The number of aliphatic hydroxyl groups is 1. The maximum Gasteiger partial charge on any atom is 0.177 e. The smallest absolute Gasteiger partial charge is 0.177 e. The summed E-state index contributed by atoms with van der Waals surface area (Å²) in [4.78, 5) is 0. The van der Waals surface area contributed by atoms with Crippen LogP contribution >= 0.6 is 24.0 Å². The van der Waals surface area contributed by atoms with Crippen LogP contribution in [0.15, 0.2) is 30.3 Å². The molecule has 1 saturated heterocycles. The lowest BCUT2D eigenvalue weighted by molar-refractivity contribution is -0.00280. The van der Waals surface area contributed by atoms with Crippen molar-refractivity contribution in [3.05, 3.63) is 35.9 Å². The van der Waals surface area contributed by atoms with Crippen molar-refractivity contribution in [1.82, 2.24) is 5.32 Å². The standard InChI is InChI=1S/C11H13NOS2/c1-10(2)11(13,12-9(14)15-10)8-6-4-3-5-7-8/h3-7,13H,1-2H3,(H,12,14). The highest BCUT2D eigenvalue weighted by Gasteiger charge is 2.52. The van der Waals surface area contributed by atoms with Gasteiger partial charge in [0, 0.05) is 5.56 Å². The quantitative estimate of drug-likeness (QED) is 0.736. The number of thioether (sulfide) groups is 1. The first-order valence-electron chi connectivity index (χ1n) is 4.75. The third-order valence-electron chi connectivity index (χ3n) is 2.69. The Morgan fingerprint density at radius 3 is 2.33 bits per heavy atom. The average molecular weight is 239 g/mol. The minimum atomic E-state index is -1.07. The summed E-state index contributed by atoms with van der Waals surface area (Å²) in [7, 11) is 0. The molecular weight excluding hydrogens is 226 g/mol. The lowest BCUT2D eigenvalue weighted by Gasteiger charge is -2.34. The Kier molecular flexibility index (Phi) is 2.53. The van der Waals surface area contributed by atoms with Crippen LogP contribution in [-0.4, -0.2) is 14.2 Å². The summed E-state index contributed by atoms with van der Waals surface area (Å²) in [5.41, 5.74) is -0.224. The molecule has 1 aliphatic heterocycles. The van der Waals surface area contributed by atoms with Gasteiger partial charge < -0.3 is 10.4 Å². The maximum atomic E-state index is 10.6. The van der Waals surface area contributed by atoms with Gasteiger partial charge in [0.2, 0.25) is 0 Å². The molecule has 1 aromatic carbocycles. The molecule has 0 spiro atoms. The third-order valence-corrected chi connectivity index (χ3v) is 4.14. The molecule has 4 heteroatoms. The normalized spacial score (nSPS) is 28.9. The molecule has 80 valence electrons. The van der Waals surface area contributed by atoms with Gasteiger partial charge in [0.25, 0.3) is 0 Å². The topological polar surface area (TPSA) is 32.3 Å². The number of hydrogen-bond donors (Lipinski definition) is 2. The molecule has 2 N–H and O–H groups in total. The van der Waals surface area contributed by atoms with Crippen molar-refractivity contribution in [1.29, 1.82) is 0 Å². The van der Waals surface area contributed by atoms with Crippen LogP contribution < -0.4 is 5.32 Å². The van der Waals surface area contributed by atoms with E-state index in [-0.39, 0.29) is 4.75 Å². The number of benzene rings is 1. The summed E-state index contributed by atoms with van der Waals surface area (Å²) in [6, 6.07) is 9.57. The van der Waals surface area contributed by atoms with Gasteiger partial charge in [-0.15, -0.1) is 0 Å². The minimum Gasteiger partial charge on any atom is -0.366 e.